The van der Waals surface area contributed by atoms with Crippen LogP contribution < -0.4 is 11.1 Å². The third-order valence-corrected chi connectivity index (χ3v) is 5.04. The summed E-state index contributed by atoms with van der Waals surface area (Å²) in [7, 11) is 0. The van der Waals surface area contributed by atoms with Crippen molar-refractivity contribution in [3.8, 4) is 0 Å². The summed E-state index contributed by atoms with van der Waals surface area (Å²) in [6.07, 6.45) is 25.4. The molecule has 24 heavy (non-hydrogen) atoms. The van der Waals surface area contributed by atoms with Gasteiger partial charge in [0.2, 0.25) is 0 Å². The van der Waals surface area contributed by atoms with Crippen LogP contribution in [0.5, 0.6) is 0 Å². The predicted octanol–water partition coefficient (Wildman–Crippen LogP) is 6.92. The van der Waals surface area contributed by atoms with Gasteiger partial charge in [0.25, 0.3) is 0 Å². The quantitative estimate of drug-likeness (QED) is 0.186. The van der Waals surface area contributed by atoms with E-state index in [1.165, 1.54) is 109 Å². The largest absolute Gasteiger partial charge is 0.316 e. The van der Waals surface area contributed by atoms with Gasteiger partial charge in [-0.2, -0.15) is 0 Å². The predicted molar refractivity (Wildman–Crippen MR) is 110 cm³/mol. The monoisotopic (exact) mass is 340 g/mol. The summed E-state index contributed by atoms with van der Waals surface area (Å²) in [4.78, 5) is 0. The highest BCUT2D eigenvalue weighted by Crippen LogP contribution is 2.13. The first-order valence-electron chi connectivity index (χ1n) is 11.3. The zero-order chi connectivity index (χ0) is 17.7. The van der Waals surface area contributed by atoms with Crippen LogP contribution in [0.25, 0.3) is 0 Å². The Morgan fingerprint density at radius 2 is 0.917 bits per heavy atom. The summed E-state index contributed by atoms with van der Waals surface area (Å²) in [5, 5.41) is 3.41. The molecule has 3 N–H and O–H groups in total. The lowest BCUT2D eigenvalue weighted by molar-refractivity contribution is 0.470. The van der Waals surface area contributed by atoms with Gasteiger partial charge in [-0.25, -0.2) is 0 Å². The van der Waals surface area contributed by atoms with Crippen molar-refractivity contribution in [2.75, 3.05) is 6.54 Å². The molecule has 1 unspecified atom stereocenters. The molecule has 0 rings (SSSR count). The van der Waals surface area contributed by atoms with Gasteiger partial charge in [0, 0.05) is 0 Å². The van der Waals surface area contributed by atoms with Crippen molar-refractivity contribution in [1.29, 1.82) is 0 Å². The Bertz CT molecular complexity index is 218. The van der Waals surface area contributed by atoms with Crippen molar-refractivity contribution in [3.63, 3.8) is 0 Å². The van der Waals surface area contributed by atoms with Crippen LogP contribution in [0.3, 0.4) is 0 Å². The van der Waals surface area contributed by atoms with E-state index in [1.54, 1.807) is 0 Å². The molecule has 0 bridgehead atoms. The van der Waals surface area contributed by atoms with E-state index in [0.717, 1.165) is 13.0 Å². The molecule has 0 amide bonds. The summed E-state index contributed by atoms with van der Waals surface area (Å²) in [6.45, 7) is 5.58. The summed E-state index contributed by atoms with van der Waals surface area (Å²) in [5.41, 5.74) is 5.94. The Balaban J connectivity index is 3.00. The molecule has 2 heteroatoms. The number of hydrogen-bond acceptors (Lipinski definition) is 2. The Kier molecular flexibility index (Phi) is 20.9. The molecular formula is C22H48N2. The first kappa shape index (κ1) is 23.9. The summed E-state index contributed by atoms with van der Waals surface area (Å²) in [6, 6.07) is 0. The first-order valence-corrected chi connectivity index (χ1v) is 11.3. The van der Waals surface area contributed by atoms with Crippen molar-refractivity contribution < 1.29 is 0 Å². The molecule has 1 atom stereocenters. The van der Waals surface area contributed by atoms with Crippen molar-refractivity contribution in [2.24, 2.45) is 5.73 Å². The number of nitrogens with one attached hydrogen (secondary N) is 1. The smallest absolute Gasteiger partial charge is 0.0546 e. The minimum atomic E-state index is 0.214. The average Bonchev–Trinajstić information content (AvgIpc) is 2.58. The summed E-state index contributed by atoms with van der Waals surface area (Å²) >= 11 is 0. The first-order chi connectivity index (χ1) is 11.8. The Morgan fingerprint density at radius 3 is 1.29 bits per heavy atom. The van der Waals surface area contributed by atoms with Gasteiger partial charge in [0.15, 0.2) is 0 Å². The third-order valence-electron chi connectivity index (χ3n) is 5.04. The van der Waals surface area contributed by atoms with Crippen molar-refractivity contribution >= 4 is 0 Å². The molecule has 0 saturated heterocycles. The van der Waals surface area contributed by atoms with Gasteiger partial charge < -0.3 is 11.1 Å². The molecular weight excluding hydrogens is 292 g/mol. The van der Waals surface area contributed by atoms with E-state index < -0.39 is 0 Å². The fraction of sp³-hybridized carbons (Fsp3) is 1.00. The van der Waals surface area contributed by atoms with Gasteiger partial charge in [-0.05, 0) is 19.4 Å². The molecule has 0 aliphatic carbocycles. The van der Waals surface area contributed by atoms with Gasteiger partial charge in [0.05, 0.1) is 6.17 Å². The fourth-order valence-corrected chi connectivity index (χ4v) is 3.37. The summed E-state index contributed by atoms with van der Waals surface area (Å²) in [5.74, 6) is 0. The highest BCUT2D eigenvalue weighted by molar-refractivity contribution is 4.58. The van der Waals surface area contributed by atoms with E-state index in [4.69, 9.17) is 5.73 Å². The number of rotatable bonds is 20. The van der Waals surface area contributed by atoms with Crippen LogP contribution in [0.4, 0.5) is 0 Å². The molecule has 0 aromatic rings. The fourth-order valence-electron chi connectivity index (χ4n) is 3.37. The molecule has 146 valence electrons. The summed E-state index contributed by atoms with van der Waals surface area (Å²) < 4.78 is 0. The van der Waals surface area contributed by atoms with Crippen LogP contribution in [0.15, 0.2) is 0 Å². The number of unbranched alkanes of at least 4 members (excludes halogenated alkanes) is 15. The minimum Gasteiger partial charge on any atom is -0.316 e. The van der Waals surface area contributed by atoms with Crippen molar-refractivity contribution in [3.05, 3.63) is 0 Å². The zero-order valence-electron chi connectivity index (χ0n) is 17.1. The highest BCUT2D eigenvalue weighted by atomic mass is 15.0. The normalized spacial score (nSPS) is 12.6. The van der Waals surface area contributed by atoms with E-state index in [1.807, 2.05) is 0 Å². The lowest BCUT2D eigenvalue weighted by atomic mass is 10.0. The third kappa shape index (κ3) is 20.0. The molecule has 0 spiro atoms. The van der Waals surface area contributed by atoms with Crippen molar-refractivity contribution in [2.45, 2.75) is 136 Å². The van der Waals surface area contributed by atoms with Crippen LogP contribution in [-0.4, -0.2) is 12.7 Å². The molecule has 0 saturated carbocycles. The molecule has 0 fully saturated rings. The van der Waals surface area contributed by atoms with E-state index in [0.29, 0.717) is 0 Å². The van der Waals surface area contributed by atoms with E-state index in [-0.39, 0.29) is 6.17 Å². The van der Waals surface area contributed by atoms with E-state index >= 15 is 0 Å². The van der Waals surface area contributed by atoms with Crippen LogP contribution in [0.1, 0.15) is 129 Å². The Morgan fingerprint density at radius 1 is 0.542 bits per heavy atom. The molecule has 0 heterocycles. The van der Waals surface area contributed by atoms with Gasteiger partial charge >= 0.3 is 0 Å². The van der Waals surface area contributed by atoms with Gasteiger partial charge in [-0.1, -0.05) is 117 Å². The lowest BCUT2D eigenvalue weighted by Gasteiger charge is -2.12. The zero-order valence-corrected chi connectivity index (χ0v) is 17.1. The molecule has 0 aliphatic rings. The maximum atomic E-state index is 5.94. The average molecular weight is 341 g/mol. The van der Waals surface area contributed by atoms with Crippen molar-refractivity contribution in [1.82, 2.24) is 5.32 Å². The van der Waals surface area contributed by atoms with E-state index in [2.05, 4.69) is 19.2 Å². The molecule has 2 nitrogen and oxygen atoms in total. The number of nitrogens with two attached hydrogens (primary N) is 1. The van der Waals surface area contributed by atoms with Crippen LogP contribution in [0, 0.1) is 0 Å². The SMILES string of the molecule is CCCCCCCCCCCCCCCCCCNC(N)CCC. The molecule has 0 radical (unpaired) electrons. The van der Waals surface area contributed by atoms with E-state index in [9.17, 15) is 0 Å². The standard InChI is InChI=1S/C22H48N2/c1-3-5-6-7-8-9-10-11-12-13-14-15-16-17-18-19-21-24-22(23)20-4-2/h22,24H,3-21,23H2,1-2H3. The molecule has 0 aromatic carbocycles. The Labute approximate surface area is 153 Å². The van der Waals surface area contributed by atoms with Crippen LogP contribution in [0.2, 0.25) is 0 Å². The van der Waals surface area contributed by atoms with Gasteiger partial charge in [-0.15, -0.1) is 0 Å². The lowest BCUT2D eigenvalue weighted by Crippen LogP contribution is -2.37. The molecule has 0 aromatic heterocycles. The number of hydrogen-bond donors (Lipinski definition) is 2. The molecule has 0 aliphatic heterocycles. The Hall–Kier alpha value is -0.0800. The topological polar surface area (TPSA) is 38.0 Å². The minimum absolute atomic E-state index is 0.214. The van der Waals surface area contributed by atoms with Gasteiger partial charge in [0.1, 0.15) is 0 Å². The highest BCUT2D eigenvalue weighted by Gasteiger charge is 1.98. The second-order valence-electron chi connectivity index (χ2n) is 7.65. The van der Waals surface area contributed by atoms with Gasteiger partial charge in [-0.3, -0.25) is 0 Å². The second kappa shape index (κ2) is 21.0. The van der Waals surface area contributed by atoms with Crippen LogP contribution >= 0.6 is 0 Å². The maximum absolute atomic E-state index is 5.94. The second-order valence-corrected chi connectivity index (χ2v) is 7.65. The maximum Gasteiger partial charge on any atom is 0.0546 e. The van der Waals surface area contributed by atoms with Crippen LogP contribution in [-0.2, 0) is 0 Å².